The summed E-state index contributed by atoms with van der Waals surface area (Å²) in [5.41, 5.74) is 5.53. The second-order valence-electron chi connectivity index (χ2n) is 8.81. The highest BCUT2D eigenvalue weighted by Crippen LogP contribution is 2.31. The van der Waals surface area contributed by atoms with Crippen LogP contribution in [0, 0.1) is 5.82 Å². The molecular formula is C30H34FN3. The lowest BCUT2D eigenvalue weighted by Gasteiger charge is -2.24. The van der Waals surface area contributed by atoms with Gasteiger partial charge in [0.2, 0.25) is 0 Å². The molecule has 0 spiro atoms. The summed E-state index contributed by atoms with van der Waals surface area (Å²) >= 11 is 0. The number of rotatable bonds is 11. The molecule has 1 aromatic heterocycles. The van der Waals surface area contributed by atoms with Crippen molar-refractivity contribution in [1.29, 1.82) is 0 Å². The van der Waals surface area contributed by atoms with Crippen LogP contribution >= 0.6 is 0 Å². The molecule has 0 unspecified atom stereocenters. The minimum absolute atomic E-state index is 0.182. The fraction of sp³-hybridized carbons (Fsp3) is 0.300. The Balaban J connectivity index is 1.79. The highest BCUT2D eigenvalue weighted by molar-refractivity contribution is 5.68. The molecule has 0 amide bonds. The molecular weight excluding hydrogens is 421 g/mol. The summed E-state index contributed by atoms with van der Waals surface area (Å²) in [6.45, 7) is 7.75. The number of benzene rings is 3. The second-order valence-corrected chi connectivity index (χ2v) is 8.81. The van der Waals surface area contributed by atoms with E-state index in [1.807, 2.05) is 18.2 Å². The molecule has 0 fully saturated rings. The van der Waals surface area contributed by atoms with Gasteiger partial charge in [0.05, 0.1) is 11.4 Å². The van der Waals surface area contributed by atoms with Crippen LogP contribution in [0.2, 0.25) is 0 Å². The molecule has 0 saturated heterocycles. The lowest BCUT2D eigenvalue weighted by atomic mass is 10.1. The molecule has 0 radical (unpaired) electrons. The molecule has 1 heterocycles. The fourth-order valence-corrected chi connectivity index (χ4v) is 4.47. The molecule has 0 aliphatic rings. The van der Waals surface area contributed by atoms with E-state index in [0.717, 1.165) is 67.1 Å². The summed E-state index contributed by atoms with van der Waals surface area (Å²) in [6, 6.07) is 27.9. The number of hydrogen-bond acceptors (Lipinski definition) is 2. The van der Waals surface area contributed by atoms with E-state index in [2.05, 4.69) is 71.8 Å². The highest BCUT2D eigenvalue weighted by atomic mass is 19.1. The molecule has 0 aliphatic carbocycles. The quantitative estimate of drug-likeness (QED) is 0.233. The second kappa shape index (κ2) is 11.8. The van der Waals surface area contributed by atoms with Crippen LogP contribution < -0.4 is 0 Å². The maximum atomic E-state index is 13.9. The van der Waals surface area contributed by atoms with E-state index in [4.69, 9.17) is 4.98 Å². The largest absolute Gasteiger partial charge is 0.326 e. The monoisotopic (exact) mass is 455 g/mol. The van der Waals surface area contributed by atoms with E-state index in [-0.39, 0.29) is 5.82 Å². The van der Waals surface area contributed by atoms with E-state index in [9.17, 15) is 4.39 Å². The molecule has 4 aromatic rings. The van der Waals surface area contributed by atoms with Crippen molar-refractivity contribution in [2.45, 2.75) is 52.7 Å². The van der Waals surface area contributed by atoms with E-state index >= 15 is 0 Å². The van der Waals surface area contributed by atoms with Gasteiger partial charge in [-0.25, -0.2) is 9.37 Å². The molecule has 176 valence electrons. The van der Waals surface area contributed by atoms with Gasteiger partial charge in [0.1, 0.15) is 11.6 Å². The Bertz CT molecular complexity index is 1170. The number of nitrogens with zero attached hydrogens (tertiary/aromatic N) is 3. The van der Waals surface area contributed by atoms with Gasteiger partial charge in [0, 0.05) is 30.8 Å². The summed E-state index contributed by atoms with van der Waals surface area (Å²) in [7, 11) is 0. The Kier molecular flexibility index (Phi) is 8.26. The third-order valence-corrected chi connectivity index (χ3v) is 6.10. The van der Waals surface area contributed by atoms with Crippen molar-refractivity contribution >= 4 is 0 Å². The average Bonchev–Trinajstić information content (AvgIpc) is 3.22. The zero-order valence-corrected chi connectivity index (χ0v) is 20.3. The lowest BCUT2D eigenvalue weighted by Crippen LogP contribution is -2.25. The van der Waals surface area contributed by atoms with Crippen LogP contribution in [0.4, 0.5) is 4.39 Å². The summed E-state index contributed by atoms with van der Waals surface area (Å²) in [6.07, 6.45) is 3.24. The molecule has 0 atom stereocenters. The van der Waals surface area contributed by atoms with Crippen molar-refractivity contribution in [3.05, 3.63) is 102 Å². The van der Waals surface area contributed by atoms with Gasteiger partial charge in [0.15, 0.2) is 0 Å². The van der Waals surface area contributed by atoms with Crippen molar-refractivity contribution in [1.82, 2.24) is 14.5 Å². The number of unbranched alkanes of at least 4 members (excludes halogenated alkanes) is 1. The lowest BCUT2D eigenvalue weighted by molar-refractivity contribution is 0.250. The maximum absolute atomic E-state index is 13.9. The number of halogens is 1. The first kappa shape index (κ1) is 23.9. The smallest absolute Gasteiger partial charge is 0.140 e. The van der Waals surface area contributed by atoms with Crippen molar-refractivity contribution < 1.29 is 4.39 Å². The van der Waals surface area contributed by atoms with Gasteiger partial charge in [-0.15, -0.1) is 0 Å². The molecule has 34 heavy (non-hydrogen) atoms. The third kappa shape index (κ3) is 5.81. The van der Waals surface area contributed by atoms with Crippen LogP contribution in [0.5, 0.6) is 0 Å². The molecule has 4 rings (SSSR count). The zero-order chi connectivity index (χ0) is 23.8. The summed E-state index contributed by atoms with van der Waals surface area (Å²) in [5, 5.41) is 0. The van der Waals surface area contributed by atoms with E-state index in [1.165, 1.54) is 11.8 Å². The minimum Gasteiger partial charge on any atom is -0.326 e. The Morgan fingerprint density at radius 1 is 0.794 bits per heavy atom. The van der Waals surface area contributed by atoms with Crippen LogP contribution in [-0.2, 0) is 19.6 Å². The minimum atomic E-state index is -0.182. The standard InChI is InChI=1S/C30H34FN3/c1-3-5-20-34-28(23-33(19-4-2)22-24-13-12-18-27(31)21-24)29(25-14-8-6-9-15-25)32-30(34)26-16-10-7-11-17-26/h6-18,21H,3-5,19-20,22-23H2,1-2H3. The van der Waals surface area contributed by atoms with Crippen LogP contribution in [0.3, 0.4) is 0 Å². The molecule has 0 bridgehead atoms. The van der Waals surface area contributed by atoms with E-state index in [0.29, 0.717) is 6.54 Å². The van der Waals surface area contributed by atoms with Crippen molar-refractivity contribution in [3.8, 4) is 22.6 Å². The summed E-state index contributed by atoms with van der Waals surface area (Å²) in [5.74, 6) is 0.836. The molecule has 0 aliphatic heterocycles. The Labute approximate surface area is 202 Å². The normalized spacial score (nSPS) is 11.3. The molecule has 0 N–H and O–H groups in total. The van der Waals surface area contributed by atoms with E-state index < -0.39 is 0 Å². The van der Waals surface area contributed by atoms with Gasteiger partial charge in [-0.2, -0.15) is 0 Å². The molecule has 4 heteroatoms. The van der Waals surface area contributed by atoms with Gasteiger partial charge in [0.25, 0.3) is 0 Å². The van der Waals surface area contributed by atoms with E-state index in [1.54, 1.807) is 12.1 Å². The Morgan fingerprint density at radius 2 is 1.50 bits per heavy atom. The van der Waals surface area contributed by atoms with Gasteiger partial charge in [-0.05, 0) is 37.1 Å². The number of aromatic nitrogens is 2. The van der Waals surface area contributed by atoms with Gasteiger partial charge in [-0.1, -0.05) is 93.1 Å². The van der Waals surface area contributed by atoms with Crippen molar-refractivity contribution in [2.75, 3.05) is 6.54 Å². The van der Waals surface area contributed by atoms with Crippen molar-refractivity contribution in [3.63, 3.8) is 0 Å². The van der Waals surface area contributed by atoms with Gasteiger partial charge in [-0.3, -0.25) is 4.90 Å². The molecule has 0 saturated carbocycles. The SMILES string of the molecule is CCCCn1c(-c2ccccc2)nc(-c2ccccc2)c1CN(CCC)Cc1cccc(F)c1. The van der Waals surface area contributed by atoms with Crippen LogP contribution in [0.1, 0.15) is 44.4 Å². The van der Waals surface area contributed by atoms with Crippen LogP contribution in [-0.4, -0.2) is 21.0 Å². The summed E-state index contributed by atoms with van der Waals surface area (Å²) < 4.78 is 16.3. The predicted octanol–water partition coefficient (Wildman–Crippen LogP) is 7.57. The van der Waals surface area contributed by atoms with Crippen LogP contribution in [0.25, 0.3) is 22.6 Å². The van der Waals surface area contributed by atoms with Crippen molar-refractivity contribution in [2.24, 2.45) is 0 Å². The first-order valence-electron chi connectivity index (χ1n) is 12.4. The fourth-order valence-electron chi connectivity index (χ4n) is 4.47. The first-order valence-corrected chi connectivity index (χ1v) is 12.4. The Hall–Kier alpha value is -3.24. The highest BCUT2D eigenvalue weighted by Gasteiger charge is 2.21. The topological polar surface area (TPSA) is 21.1 Å². The first-order chi connectivity index (χ1) is 16.7. The molecule has 3 nitrogen and oxygen atoms in total. The predicted molar refractivity (Wildman–Crippen MR) is 139 cm³/mol. The molecule has 3 aromatic carbocycles. The van der Waals surface area contributed by atoms with Crippen LogP contribution in [0.15, 0.2) is 84.9 Å². The third-order valence-electron chi connectivity index (χ3n) is 6.10. The maximum Gasteiger partial charge on any atom is 0.140 e. The summed E-state index contributed by atoms with van der Waals surface area (Å²) in [4.78, 5) is 7.63. The van der Waals surface area contributed by atoms with Gasteiger partial charge < -0.3 is 4.57 Å². The average molecular weight is 456 g/mol. The number of imidazole rings is 1. The van der Waals surface area contributed by atoms with Gasteiger partial charge >= 0.3 is 0 Å². The zero-order valence-electron chi connectivity index (χ0n) is 20.3. The number of hydrogen-bond donors (Lipinski definition) is 0. The Morgan fingerprint density at radius 3 is 2.15 bits per heavy atom.